The van der Waals surface area contributed by atoms with E-state index in [4.69, 9.17) is 9.47 Å². The first kappa shape index (κ1) is 15.4. The fraction of sp³-hybridized carbons (Fsp3) is 0.350. The number of pyridine rings is 1. The van der Waals surface area contributed by atoms with E-state index in [2.05, 4.69) is 47.1 Å². The van der Waals surface area contributed by atoms with Gasteiger partial charge >= 0.3 is 0 Å². The van der Waals surface area contributed by atoms with Crippen molar-refractivity contribution in [2.24, 2.45) is 0 Å². The van der Waals surface area contributed by atoms with Gasteiger partial charge in [-0.3, -0.25) is 9.88 Å². The summed E-state index contributed by atoms with van der Waals surface area (Å²) in [6.07, 6.45) is 4.22. The molecule has 1 aromatic heterocycles. The Morgan fingerprint density at radius 1 is 1.21 bits per heavy atom. The number of fused-ring (bicyclic) bond motifs is 1. The minimum Gasteiger partial charge on any atom is -0.489 e. The Morgan fingerprint density at radius 3 is 3.00 bits per heavy atom. The molecule has 0 amide bonds. The van der Waals surface area contributed by atoms with Crippen LogP contribution in [0.25, 0.3) is 6.08 Å². The van der Waals surface area contributed by atoms with Gasteiger partial charge < -0.3 is 9.47 Å². The molecule has 4 rings (SSSR count). The summed E-state index contributed by atoms with van der Waals surface area (Å²) in [4.78, 5) is 6.95. The van der Waals surface area contributed by atoms with E-state index in [9.17, 15) is 0 Å². The highest BCUT2D eigenvalue weighted by atomic mass is 16.5. The minimum atomic E-state index is 0.0525. The van der Waals surface area contributed by atoms with Crippen LogP contribution in [0.1, 0.15) is 22.9 Å². The van der Waals surface area contributed by atoms with Crippen LogP contribution in [0, 0.1) is 6.92 Å². The van der Waals surface area contributed by atoms with Gasteiger partial charge in [0.15, 0.2) is 0 Å². The van der Waals surface area contributed by atoms with Crippen LogP contribution in [0.2, 0.25) is 0 Å². The average molecular weight is 322 g/mol. The third kappa shape index (κ3) is 3.35. The maximum absolute atomic E-state index is 5.92. The Labute approximate surface area is 142 Å². The van der Waals surface area contributed by atoms with Gasteiger partial charge in [-0.25, -0.2) is 0 Å². The van der Waals surface area contributed by atoms with Crippen LogP contribution in [0.15, 0.2) is 48.2 Å². The lowest BCUT2D eigenvalue weighted by Gasteiger charge is -2.33. The molecule has 4 nitrogen and oxygen atoms in total. The number of ether oxygens (including phenoxy) is 2. The van der Waals surface area contributed by atoms with Crippen LogP contribution in [0.5, 0.6) is 5.75 Å². The van der Waals surface area contributed by atoms with Crippen molar-refractivity contribution in [2.75, 3.05) is 32.8 Å². The van der Waals surface area contributed by atoms with Crippen LogP contribution < -0.4 is 4.74 Å². The average Bonchev–Trinajstić information content (AvgIpc) is 2.62. The van der Waals surface area contributed by atoms with E-state index in [0.717, 1.165) is 37.7 Å². The zero-order valence-corrected chi connectivity index (χ0v) is 13.9. The van der Waals surface area contributed by atoms with Crippen molar-refractivity contribution in [3.8, 4) is 5.75 Å². The van der Waals surface area contributed by atoms with E-state index >= 15 is 0 Å². The maximum Gasteiger partial charge on any atom is 0.127 e. The number of aromatic nitrogens is 1. The molecule has 1 atom stereocenters. The highest BCUT2D eigenvalue weighted by Crippen LogP contribution is 2.27. The smallest absolute Gasteiger partial charge is 0.127 e. The van der Waals surface area contributed by atoms with Crippen molar-refractivity contribution in [2.45, 2.75) is 13.0 Å². The third-order valence-electron chi connectivity index (χ3n) is 4.53. The van der Waals surface area contributed by atoms with E-state index in [1.807, 2.05) is 18.3 Å². The van der Waals surface area contributed by atoms with Gasteiger partial charge in [0.05, 0.1) is 12.3 Å². The molecule has 0 bridgehead atoms. The number of benzene rings is 1. The van der Waals surface area contributed by atoms with E-state index in [1.54, 1.807) is 0 Å². The summed E-state index contributed by atoms with van der Waals surface area (Å²) in [5, 5.41) is 0. The van der Waals surface area contributed by atoms with Crippen molar-refractivity contribution in [3.63, 3.8) is 0 Å². The molecule has 124 valence electrons. The summed E-state index contributed by atoms with van der Waals surface area (Å²) in [5.41, 5.74) is 4.68. The Kier molecular flexibility index (Phi) is 4.32. The highest BCUT2D eigenvalue weighted by molar-refractivity contribution is 5.62. The number of rotatable bonds is 3. The topological polar surface area (TPSA) is 34.6 Å². The molecular formula is C20H22N2O2. The van der Waals surface area contributed by atoms with Gasteiger partial charge in [0.1, 0.15) is 18.5 Å². The van der Waals surface area contributed by atoms with Gasteiger partial charge in [0.25, 0.3) is 0 Å². The number of aryl methyl sites for hydroxylation is 1. The van der Waals surface area contributed by atoms with Gasteiger partial charge in [-0.15, -0.1) is 0 Å². The summed E-state index contributed by atoms with van der Waals surface area (Å²) < 4.78 is 11.8. The minimum absolute atomic E-state index is 0.0525. The second-order valence-corrected chi connectivity index (χ2v) is 6.48. The van der Waals surface area contributed by atoms with Gasteiger partial charge in [0, 0.05) is 31.4 Å². The summed E-state index contributed by atoms with van der Waals surface area (Å²) in [5.74, 6) is 0.977. The lowest BCUT2D eigenvalue weighted by atomic mass is 10.1. The Hall–Kier alpha value is -2.17. The molecule has 1 fully saturated rings. The fourth-order valence-electron chi connectivity index (χ4n) is 3.24. The molecule has 0 saturated carbocycles. The molecule has 2 aliphatic heterocycles. The summed E-state index contributed by atoms with van der Waals surface area (Å²) in [6.45, 7) is 6.20. The van der Waals surface area contributed by atoms with Crippen molar-refractivity contribution in [3.05, 3.63) is 65.0 Å². The van der Waals surface area contributed by atoms with Gasteiger partial charge in [-0.1, -0.05) is 24.3 Å². The number of morpholine rings is 1. The van der Waals surface area contributed by atoms with Gasteiger partial charge in [-0.2, -0.15) is 0 Å². The predicted molar refractivity (Wildman–Crippen MR) is 94.0 cm³/mol. The monoisotopic (exact) mass is 322 g/mol. The summed E-state index contributed by atoms with van der Waals surface area (Å²) >= 11 is 0. The molecule has 2 aromatic rings. The number of hydrogen-bond acceptors (Lipinski definition) is 4. The van der Waals surface area contributed by atoms with Crippen LogP contribution in [0.3, 0.4) is 0 Å². The normalized spacial score (nSPS) is 20.9. The second kappa shape index (κ2) is 6.75. The molecule has 1 aromatic carbocycles. The summed E-state index contributed by atoms with van der Waals surface area (Å²) in [7, 11) is 0. The van der Waals surface area contributed by atoms with Crippen LogP contribution >= 0.6 is 0 Å². The maximum atomic E-state index is 5.92. The Morgan fingerprint density at radius 2 is 2.12 bits per heavy atom. The lowest BCUT2D eigenvalue weighted by molar-refractivity contribution is -0.0294. The van der Waals surface area contributed by atoms with Crippen LogP contribution in [0.4, 0.5) is 0 Å². The van der Waals surface area contributed by atoms with E-state index in [0.29, 0.717) is 6.61 Å². The first-order valence-corrected chi connectivity index (χ1v) is 8.46. The highest BCUT2D eigenvalue weighted by Gasteiger charge is 2.24. The van der Waals surface area contributed by atoms with Gasteiger partial charge in [0.2, 0.25) is 0 Å². The molecule has 4 heteroatoms. The van der Waals surface area contributed by atoms with Crippen molar-refractivity contribution in [1.29, 1.82) is 0 Å². The molecule has 0 spiro atoms. The number of hydrogen-bond donors (Lipinski definition) is 0. The largest absolute Gasteiger partial charge is 0.489 e. The SMILES string of the molecule is Cc1ccc([C@H]2CN(CC3=Cc4ccccc4OC3)CCO2)nc1. The Balaban J connectivity index is 1.44. The molecular weight excluding hydrogens is 300 g/mol. The fourth-order valence-corrected chi connectivity index (χ4v) is 3.24. The molecule has 2 aliphatic rings. The van der Waals surface area contributed by atoms with Crippen LogP contribution in [-0.2, 0) is 4.74 Å². The summed E-state index contributed by atoms with van der Waals surface area (Å²) in [6, 6.07) is 12.4. The van der Waals surface area contributed by atoms with Crippen molar-refractivity contribution < 1.29 is 9.47 Å². The van der Waals surface area contributed by atoms with E-state index in [-0.39, 0.29) is 6.10 Å². The molecule has 0 unspecified atom stereocenters. The number of nitrogens with zero attached hydrogens (tertiary/aromatic N) is 2. The third-order valence-corrected chi connectivity index (χ3v) is 4.53. The van der Waals surface area contributed by atoms with Gasteiger partial charge in [-0.05, 0) is 36.3 Å². The Bertz CT molecular complexity index is 740. The zero-order chi connectivity index (χ0) is 16.4. The zero-order valence-electron chi connectivity index (χ0n) is 13.9. The van der Waals surface area contributed by atoms with Crippen molar-refractivity contribution >= 4 is 6.08 Å². The quantitative estimate of drug-likeness (QED) is 0.869. The van der Waals surface area contributed by atoms with Crippen LogP contribution in [-0.4, -0.2) is 42.7 Å². The van der Waals surface area contributed by atoms with E-state index in [1.165, 1.54) is 16.7 Å². The molecule has 0 N–H and O–H groups in total. The molecule has 0 aliphatic carbocycles. The standard InChI is InChI=1S/C20H22N2O2/c1-15-6-7-18(21-11-15)20-13-22(8-9-23-20)12-16-10-17-4-2-3-5-19(17)24-14-16/h2-7,10-11,20H,8-9,12-14H2,1H3/t20-/m1/s1. The second-order valence-electron chi connectivity index (χ2n) is 6.48. The molecule has 3 heterocycles. The lowest BCUT2D eigenvalue weighted by Crippen LogP contribution is -2.40. The molecule has 24 heavy (non-hydrogen) atoms. The predicted octanol–water partition coefficient (Wildman–Crippen LogP) is 3.24. The number of para-hydroxylation sites is 1. The molecule has 0 radical (unpaired) electrons. The van der Waals surface area contributed by atoms with E-state index < -0.39 is 0 Å². The first-order chi connectivity index (χ1) is 11.8. The van der Waals surface area contributed by atoms with Crippen molar-refractivity contribution in [1.82, 2.24) is 9.88 Å². The molecule has 1 saturated heterocycles. The first-order valence-electron chi connectivity index (χ1n) is 8.46.